The largest absolute Gasteiger partial charge is 0.493 e. The van der Waals surface area contributed by atoms with Crippen LogP contribution in [0.5, 0.6) is 11.5 Å². The lowest BCUT2D eigenvalue weighted by molar-refractivity contribution is 0.145. The van der Waals surface area contributed by atoms with E-state index < -0.39 is 12.9 Å². The van der Waals surface area contributed by atoms with Gasteiger partial charge in [-0.15, -0.1) is 0 Å². The fourth-order valence-electron chi connectivity index (χ4n) is 6.89. The van der Waals surface area contributed by atoms with Gasteiger partial charge in [0.15, 0.2) is 0 Å². The SMILES string of the molecule is CCOc1cc(C(C)N(CCCCc2ccccc2)C(=O)NC2(P(=O)(OCc3ccccc3)OCc3ccccc3)CCCC2)cc(OCC)c1C. The van der Waals surface area contributed by atoms with Crippen molar-refractivity contribution >= 4 is 13.6 Å². The number of nitrogens with one attached hydrogen (secondary N) is 1. The van der Waals surface area contributed by atoms with Crippen molar-refractivity contribution in [2.45, 2.75) is 97.2 Å². The summed E-state index contributed by atoms with van der Waals surface area (Å²) >= 11 is 0. The second kappa shape index (κ2) is 19.1. The third kappa shape index (κ3) is 10.1. The van der Waals surface area contributed by atoms with E-state index in [0.717, 1.165) is 65.9 Å². The lowest BCUT2D eigenvalue weighted by Gasteiger charge is -2.39. The zero-order valence-corrected chi connectivity index (χ0v) is 32.1. The average molecular weight is 727 g/mol. The summed E-state index contributed by atoms with van der Waals surface area (Å²) in [4.78, 5) is 16.6. The number of amides is 2. The molecule has 4 aromatic carbocycles. The van der Waals surface area contributed by atoms with Gasteiger partial charge in [-0.1, -0.05) is 104 Å². The molecule has 2 amide bonds. The molecule has 1 unspecified atom stereocenters. The van der Waals surface area contributed by atoms with Gasteiger partial charge in [-0.25, -0.2) is 4.79 Å². The van der Waals surface area contributed by atoms with Crippen LogP contribution < -0.4 is 14.8 Å². The molecule has 9 heteroatoms. The zero-order chi connectivity index (χ0) is 36.8. The maximum absolute atomic E-state index is 15.3. The Labute approximate surface area is 310 Å². The van der Waals surface area contributed by atoms with E-state index in [1.54, 1.807) is 0 Å². The number of nitrogens with zero attached hydrogens (tertiary/aromatic N) is 1. The molecule has 0 bridgehead atoms. The van der Waals surface area contributed by atoms with Crippen LogP contribution in [-0.2, 0) is 33.2 Å². The summed E-state index contributed by atoms with van der Waals surface area (Å²) in [6.45, 7) is 9.67. The highest BCUT2D eigenvalue weighted by atomic mass is 31.2. The Hall–Kier alpha value is -4.10. The molecule has 52 heavy (non-hydrogen) atoms. The second-order valence-corrected chi connectivity index (χ2v) is 15.9. The van der Waals surface area contributed by atoms with E-state index in [0.29, 0.717) is 32.6 Å². The lowest BCUT2D eigenvalue weighted by Crippen LogP contribution is -2.53. The molecule has 0 aliphatic heterocycles. The molecule has 1 aliphatic carbocycles. The minimum atomic E-state index is -3.94. The van der Waals surface area contributed by atoms with Crippen molar-refractivity contribution in [2.24, 2.45) is 0 Å². The van der Waals surface area contributed by atoms with Crippen LogP contribution in [0.3, 0.4) is 0 Å². The normalized spacial score (nSPS) is 14.5. The standard InChI is InChI=1S/C43H55N2O6P/c1-5-48-40-30-39(31-41(34(40)3)49-6-2)35(4)45(29-19-16-22-36-20-10-7-11-21-36)42(46)44-43(27-17-18-28-43)52(47,50-32-37-23-12-8-13-24-37)51-33-38-25-14-9-15-26-38/h7-15,20-21,23-26,30-31,35H,5-6,16-19,22,27-29,32-33H2,1-4H3,(H,44,46). The topological polar surface area (TPSA) is 86.3 Å². The summed E-state index contributed by atoms with van der Waals surface area (Å²) in [7, 11) is -3.94. The molecule has 1 saturated carbocycles. The molecule has 1 aliphatic rings. The van der Waals surface area contributed by atoms with Gasteiger partial charge < -0.3 is 28.7 Å². The first-order valence-electron chi connectivity index (χ1n) is 18.8. The molecule has 4 aromatic rings. The van der Waals surface area contributed by atoms with Crippen LogP contribution in [0.1, 0.15) is 93.2 Å². The minimum Gasteiger partial charge on any atom is -0.493 e. The van der Waals surface area contributed by atoms with E-state index in [1.807, 2.05) is 111 Å². The van der Waals surface area contributed by atoms with Gasteiger partial charge in [0.2, 0.25) is 0 Å². The number of carbonyl (C=O) groups is 1. The van der Waals surface area contributed by atoms with Gasteiger partial charge in [-0.05, 0) is 94.2 Å². The van der Waals surface area contributed by atoms with Gasteiger partial charge in [0.1, 0.15) is 16.8 Å². The fraction of sp³-hybridized carbons (Fsp3) is 0.419. The molecule has 0 radical (unpaired) electrons. The summed E-state index contributed by atoms with van der Waals surface area (Å²) in [6.07, 6.45) is 5.19. The Morgan fingerprint density at radius 2 is 1.25 bits per heavy atom. The van der Waals surface area contributed by atoms with E-state index in [-0.39, 0.29) is 25.3 Å². The van der Waals surface area contributed by atoms with Gasteiger partial charge >= 0.3 is 13.6 Å². The molecule has 0 saturated heterocycles. The summed E-state index contributed by atoms with van der Waals surface area (Å²) in [5.41, 5.74) is 4.86. The predicted octanol–water partition coefficient (Wildman–Crippen LogP) is 10.8. The Balaban J connectivity index is 1.45. The molecule has 1 fully saturated rings. The Bertz CT molecular complexity index is 1660. The Morgan fingerprint density at radius 3 is 1.73 bits per heavy atom. The van der Waals surface area contributed by atoms with Crippen LogP contribution in [0, 0.1) is 6.92 Å². The van der Waals surface area contributed by atoms with Gasteiger partial charge in [0, 0.05) is 12.1 Å². The zero-order valence-electron chi connectivity index (χ0n) is 31.2. The number of unbranched alkanes of at least 4 members (excludes halogenated alkanes) is 1. The molecular weight excluding hydrogens is 671 g/mol. The maximum Gasteiger partial charge on any atom is 0.356 e. The highest BCUT2D eigenvalue weighted by molar-refractivity contribution is 7.55. The van der Waals surface area contributed by atoms with Crippen molar-refractivity contribution in [1.82, 2.24) is 10.2 Å². The first-order valence-corrected chi connectivity index (χ1v) is 20.3. The van der Waals surface area contributed by atoms with E-state index >= 15 is 4.57 Å². The number of ether oxygens (including phenoxy) is 2. The van der Waals surface area contributed by atoms with E-state index in [4.69, 9.17) is 18.5 Å². The highest BCUT2D eigenvalue weighted by Crippen LogP contribution is 2.65. The third-order valence-corrected chi connectivity index (χ3v) is 12.4. The first kappa shape index (κ1) is 39.1. The molecule has 1 N–H and O–H groups in total. The highest BCUT2D eigenvalue weighted by Gasteiger charge is 2.54. The number of benzene rings is 4. The lowest BCUT2D eigenvalue weighted by atomic mass is 10.0. The molecular formula is C43H55N2O6P. The van der Waals surface area contributed by atoms with Crippen LogP contribution in [0.2, 0.25) is 0 Å². The predicted molar refractivity (Wildman–Crippen MR) is 208 cm³/mol. The van der Waals surface area contributed by atoms with Crippen molar-refractivity contribution in [2.75, 3.05) is 19.8 Å². The first-order chi connectivity index (χ1) is 25.3. The smallest absolute Gasteiger partial charge is 0.356 e. The van der Waals surface area contributed by atoms with Crippen LogP contribution in [0.4, 0.5) is 4.79 Å². The summed E-state index contributed by atoms with van der Waals surface area (Å²) in [5.74, 6) is 1.47. The average Bonchev–Trinajstić information content (AvgIpc) is 3.66. The Kier molecular flexibility index (Phi) is 14.4. The van der Waals surface area contributed by atoms with Gasteiger partial charge in [0.25, 0.3) is 0 Å². The van der Waals surface area contributed by atoms with Gasteiger partial charge in [-0.3, -0.25) is 4.57 Å². The molecule has 0 heterocycles. The molecule has 5 rings (SSSR count). The number of hydrogen-bond acceptors (Lipinski definition) is 6. The molecule has 0 aromatic heterocycles. The maximum atomic E-state index is 15.3. The van der Waals surface area contributed by atoms with E-state index in [9.17, 15) is 4.79 Å². The summed E-state index contributed by atoms with van der Waals surface area (Å²) < 4.78 is 40.0. The fourth-order valence-corrected chi connectivity index (χ4v) is 9.19. The van der Waals surface area contributed by atoms with Crippen molar-refractivity contribution in [3.8, 4) is 11.5 Å². The second-order valence-electron chi connectivity index (χ2n) is 13.5. The monoisotopic (exact) mass is 726 g/mol. The summed E-state index contributed by atoms with van der Waals surface area (Å²) in [5, 5.41) is 2.13. The molecule has 278 valence electrons. The van der Waals surface area contributed by atoms with Crippen molar-refractivity contribution in [3.63, 3.8) is 0 Å². The molecule has 8 nitrogen and oxygen atoms in total. The minimum absolute atomic E-state index is 0.105. The van der Waals surface area contributed by atoms with Crippen molar-refractivity contribution in [3.05, 3.63) is 131 Å². The third-order valence-electron chi connectivity index (χ3n) is 9.89. The Morgan fingerprint density at radius 1 is 0.769 bits per heavy atom. The molecule has 0 spiro atoms. The van der Waals surface area contributed by atoms with Crippen LogP contribution in [-0.4, -0.2) is 36.0 Å². The van der Waals surface area contributed by atoms with Crippen LogP contribution >= 0.6 is 7.60 Å². The quantitative estimate of drug-likeness (QED) is 0.0765. The van der Waals surface area contributed by atoms with Gasteiger partial charge in [0.05, 0.1) is 32.5 Å². The van der Waals surface area contributed by atoms with Crippen LogP contribution in [0.25, 0.3) is 0 Å². The number of hydrogen-bond donors (Lipinski definition) is 1. The van der Waals surface area contributed by atoms with Crippen molar-refractivity contribution < 1.29 is 27.9 Å². The van der Waals surface area contributed by atoms with Crippen molar-refractivity contribution in [1.29, 1.82) is 0 Å². The number of carbonyl (C=O) groups excluding carboxylic acids is 1. The van der Waals surface area contributed by atoms with Gasteiger partial charge in [-0.2, -0.15) is 0 Å². The number of aryl methyl sites for hydroxylation is 1. The number of rotatable bonds is 19. The van der Waals surface area contributed by atoms with E-state index in [1.165, 1.54) is 5.56 Å². The van der Waals surface area contributed by atoms with E-state index in [2.05, 4.69) is 29.6 Å². The number of urea groups is 1. The molecule has 1 atom stereocenters. The summed E-state index contributed by atoms with van der Waals surface area (Å²) in [6, 6.07) is 33.1. The van der Waals surface area contributed by atoms with Crippen LogP contribution in [0.15, 0.2) is 103 Å².